The molecule has 0 aliphatic heterocycles. The van der Waals surface area contributed by atoms with Gasteiger partial charge in [0.05, 0.1) is 0 Å². The molecule has 22 heavy (non-hydrogen) atoms. The van der Waals surface area contributed by atoms with E-state index in [9.17, 15) is 4.79 Å². The van der Waals surface area contributed by atoms with E-state index in [1.807, 2.05) is 73.1 Å². The molecule has 1 heterocycles. The minimum absolute atomic E-state index is 0.0195. The van der Waals surface area contributed by atoms with Crippen molar-refractivity contribution in [3.05, 3.63) is 72.1 Å². The van der Waals surface area contributed by atoms with Crippen LogP contribution in [0.2, 0.25) is 0 Å². The number of benzene rings is 2. The van der Waals surface area contributed by atoms with Crippen molar-refractivity contribution in [2.75, 3.05) is 5.32 Å². The summed E-state index contributed by atoms with van der Waals surface area (Å²) >= 11 is 0. The van der Waals surface area contributed by atoms with Gasteiger partial charge in [0.25, 0.3) is 5.91 Å². The number of hydrogen-bond acceptors (Lipinski definition) is 1. The lowest BCUT2D eigenvalue weighted by Crippen LogP contribution is -2.43. The minimum atomic E-state index is -0.0195. The van der Waals surface area contributed by atoms with Crippen LogP contribution < -0.4 is 9.88 Å². The number of rotatable bonds is 3. The second-order valence-corrected chi connectivity index (χ2v) is 5.51. The van der Waals surface area contributed by atoms with Crippen LogP contribution in [0.4, 0.5) is 5.69 Å². The average Bonchev–Trinajstić information content (AvgIpc) is 2.52. The van der Waals surface area contributed by atoms with Gasteiger partial charge in [0.2, 0.25) is 6.54 Å². The van der Waals surface area contributed by atoms with Crippen molar-refractivity contribution in [1.82, 2.24) is 0 Å². The summed E-state index contributed by atoms with van der Waals surface area (Å²) in [6.07, 6.45) is 1.93. The number of nitrogens with one attached hydrogen (secondary N) is 1. The number of pyridine rings is 1. The molecule has 3 nitrogen and oxygen atoms in total. The van der Waals surface area contributed by atoms with Crippen LogP contribution in [0.25, 0.3) is 10.8 Å². The maximum absolute atomic E-state index is 12.2. The molecule has 0 saturated carbocycles. The normalized spacial score (nSPS) is 10.6. The Hall–Kier alpha value is -2.68. The monoisotopic (exact) mass is 291 g/mol. The van der Waals surface area contributed by atoms with Gasteiger partial charge in [0.1, 0.15) is 0 Å². The molecule has 0 spiro atoms. The van der Waals surface area contributed by atoms with Crippen molar-refractivity contribution in [3.63, 3.8) is 0 Å². The Morgan fingerprint density at radius 1 is 1.00 bits per heavy atom. The number of anilines is 1. The molecule has 0 aliphatic carbocycles. The Morgan fingerprint density at radius 2 is 1.77 bits per heavy atom. The predicted octanol–water partition coefficient (Wildman–Crippen LogP) is 3.38. The Morgan fingerprint density at radius 3 is 2.59 bits per heavy atom. The number of carbonyl (C=O) groups is 1. The summed E-state index contributed by atoms with van der Waals surface area (Å²) in [6.45, 7) is 4.39. The van der Waals surface area contributed by atoms with E-state index < -0.39 is 0 Å². The quantitative estimate of drug-likeness (QED) is 0.737. The Balaban J connectivity index is 1.76. The molecular formula is C19H19N2O+. The van der Waals surface area contributed by atoms with E-state index in [0.29, 0.717) is 6.54 Å². The first kappa shape index (κ1) is 14.3. The summed E-state index contributed by atoms with van der Waals surface area (Å²) in [5.74, 6) is -0.0195. The Labute approximate surface area is 130 Å². The molecule has 0 atom stereocenters. The molecule has 0 aliphatic rings. The highest BCUT2D eigenvalue weighted by Gasteiger charge is 2.13. The number of amides is 1. The van der Waals surface area contributed by atoms with E-state index in [0.717, 1.165) is 16.8 Å². The molecule has 0 radical (unpaired) electrons. The molecule has 0 unspecified atom stereocenters. The van der Waals surface area contributed by atoms with Crippen LogP contribution in [0.5, 0.6) is 0 Å². The molecule has 0 fully saturated rings. The molecule has 1 amide bonds. The third-order valence-electron chi connectivity index (χ3n) is 3.96. The molecule has 0 bridgehead atoms. The van der Waals surface area contributed by atoms with Crippen LogP contribution in [0, 0.1) is 13.8 Å². The predicted molar refractivity (Wildman–Crippen MR) is 88.7 cm³/mol. The molecule has 3 aromatic rings. The molecule has 1 aromatic heterocycles. The average molecular weight is 291 g/mol. The topological polar surface area (TPSA) is 33.0 Å². The summed E-state index contributed by atoms with van der Waals surface area (Å²) in [6, 6.07) is 18.1. The molecule has 1 N–H and O–H groups in total. The number of aromatic nitrogens is 1. The van der Waals surface area contributed by atoms with Gasteiger partial charge in [-0.1, -0.05) is 30.3 Å². The number of nitrogens with zero attached hydrogens (tertiary/aromatic N) is 1. The lowest BCUT2D eigenvalue weighted by molar-refractivity contribution is -0.690. The Kier molecular flexibility index (Phi) is 3.88. The van der Waals surface area contributed by atoms with E-state index in [1.165, 1.54) is 10.9 Å². The van der Waals surface area contributed by atoms with Gasteiger partial charge in [0.15, 0.2) is 11.9 Å². The first-order chi connectivity index (χ1) is 10.6. The SMILES string of the molecule is Cc1ccc[n+](CC(=O)Nc2ccc3ccccc3c2)c1C. The van der Waals surface area contributed by atoms with Gasteiger partial charge in [-0.3, -0.25) is 4.79 Å². The fourth-order valence-corrected chi connectivity index (χ4v) is 2.54. The summed E-state index contributed by atoms with van der Waals surface area (Å²) in [7, 11) is 0. The van der Waals surface area contributed by atoms with Crippen molar-refractivity contribution in [3.8, 4) is 0 Å². The van der Waals surface area contributed by atoms with E-state index in [1.54, 1.807) is 0 Å². The van der Waals surface area contributed by atoms with Crippen molar-refractivity contribution < 1.29 is 9.36 Å². The second-order valence-electron chi connectivity index (χ2n) is 5.51. The fourth-order valence-electron chi connectivity index (χ4n) is 2.54. The fraction of sp³-hybridized carbons (Fsp3) is 0.158. The molecular weight excluding hydrogens is 272 g/mol. The number of fused-ring (bicyclic) bond motifs is 1. The highest BCUT2D eigenvalue weighted by atomic mass is 16.1. The van der Waals surface area contributed by atoms with E-state index >= 15 is 0 Å². The van der Waals surface area contributed by atoms with Crippen molar-refractivity contribution in [1.29, 1.82) is 0 Å². The van der Waals surface area contributed by atoms with Crippen LogP contribution in [0.1, 0.15) is 11.3 Å². The molecule has 3 rings (SSSR count). The van der Waals surface area contributed by atoms with Crippen LogP contribution in [0.3, 0.4) is 0 Å². The number of hydrogen-bond donors (Lipinski definition) is 1. The standard InChI is InChI=1S/C19H18N2O/c1-14-6-5-11-21(15(14)2)13-19(22)20-18-10-9-16-7-3-4-8-17(16)12-18/h3-12H,13H2,1-2H3/p+1. The van der Waals surface area contributed by atoms with Crippen molar-refractivity contribution in [2.24, 2.45) is 0 Å². The third-order valence-corrected chi connectivity index (χ3v) is 3.96. The maximum Gasteiger partial charge on any atom is 0.290 e. The lowest BCUT2D eigenvalue weighted by Gasteiger charge is -2.06. The zero-order valence-corrected chi connectivity index (χ0v) is 12.8. The van der Waals surface area contributed by atoms with Crippen molar-refractivity contribution in [2.45, 2.75) is 20.4 Å². The van der Waals surface area contributed by atoms with Crippen molar-refractivity contribution >= 4 is 22.4 Å². The van der Waals surface area contributed by atoms with E-state index in [4.69, 9.17) is 0 Å². The van der Waals surface area contributed by atoms with Gasteiger partial charge in [0, 0.05) is 24.2 Å². The van der Waals surface area contributed by atoms with Gasteiger partial charge in [-0.05, 0) is 35.9 Å². The molecule has 2 aromatic carbocycles. The highest BCUT2D eigenvalue weighted by Crippen LogP contribution is 2.18. The number of aryl methyl sites for hydroxylation is 1. The van der Waals surface area contributed by atoms with Crippen LogP contribution in [-0.4, -0.2) is 5.91 Å². The smallest absolute Gasteiger partial charge is 0.290 e. The first-order valence-corrected chi connectivity index (χ1v) is 7.38. The maximum atomic E-state index is 12.2. The molecule has 110 valence electrons. The molecule has 0 saturated heterocycles. The van der Waals surface area contributed by atoms with Crippen LogP contribution in [0.15, 0.2) is 60.8 Å². The third kappa shape index (κ3) is 2.98. The Bertz CT molecular complexity index is 840. The van der Waals surface area contributed by atoms with Crippen LogP contribution >= 0.6 is 0 Å². The van der Waals surface area contributed by atoms with Gasteiger partial charge in [-0.2, -0.15) is 4.57 Å². The summed E-state index contributed by atoms with van der Waals surface area (Å²) < 4.78 is 1.96. The van der Waals surface area contributed by atoms with E-state index in [2.05, 4.69) is 11.4 Å². The first-order valence-electron chi connectivity index (χ1n) is 7.38. The van der Waals surface area contributed by atoms with E-state index in [-0.39, 0.29) is 5.91 Å². The highest BCUT2D eigenvalue weighted by molar-refractivity contribution is 5.93. The lowest BCUT2D eigenvalue weighted by atomic mass is 10.1. The zero-order chi connectivity index (χ0) is 15.5. The summed E-state index contributed by atoms with van der Waals surface area (Å²) in [5.41, 5.74) is 3.12. The largest absolute Gasteiger partial charge is 0.321 e. The van der Waals surface area contributed by atoms with Gasteiger partial charge < -0.3 is 5.32 Å². The van der Waals surface area contributed by atoms with Gasteiger partial charge in [-0.15, -0.1) is 0 Å². The minimum Gasteiger partial charge on any atom is -0.321 e. The summed E-state index contributed by atoms with van der Waals surface area (Å²) in [5, 5.41) is 5.26. The zero-order valence-electron chi connectivity index (χ0n) is 12.8. The van der Waals surface area contributed by atoms with Gasteiger partial charge in [-0.25, -0.2) is 0 Å². The second kappa shape index (κ2) is 5.98. The number of carbonyl (C=O) groups excluding carboxylic acids is 1. The molecule has 3 heteroatoms. The van der Waals surface area contributed by atoms with Gasteiger partial charge >= 0.3 is 0 Å². The van der Waals surface area contributed by atoms with Crippen LogP contribution in [-0.2, 0) is 11.3 Å². The summed E-state index contributed by atoms with van der Waals surface area (Å²) in [4.78, 5) is 12.2.